The predicted octanol–water partition coefficient (Wildman–Crippen LogP) is 5.28. The normalized spacial score (nSPS) is 10.7. The Kier molecular flexibility index (Phi) is 5.61. The van der Waals surface area contributed by atoms with Crippen LogP contribution in [-0.4, -0.2) is 17.9 Å². The monoisotopic (exact) mass is 450 g/mol. The third-order valence-electron chi connectivity index (χ3n) is 4.77. The molecule has 0 radical (unpaired) electrons. The molecule has 0 saturated heterocycles. The van der Waals surface area contributed by atoms with Gasteiger partial charge in [0.05, 0.1) is 28.0 Å². The Hall–Kier alpha value is -4.17. The molecular formula is C23H15ClN2O6. The van der Waals surface area contributed by atoms with Crippen LogP contribution in [0.3, 0.4) is 0 Å². The third kappa shape index (κ3) is 4.17. The van der Waals surface area contributed by atoms with Gasteiger partial charge in [-0.25, -0.2) is 0 Å². The van der Waals surface area contributed by atoms with E-state index in [1.54, 1.807) is 42.5 Å². The zero-order valence-corrected chi connectivity index (χ0v) is 17.4. The Morgan fingerprint density at radius 2 is 1.81 bits per heavy atom. The summed E-state index contributed by atoms with van der Waals surface area (Å²) >= 11 is 6.02. The van der Waals surface area contributed by atoms with Crippen molar-refractivity contribution < 1.29 is 18.9 Å². The quantitative estimate of drug-likeness (QED) is 0.327. The van der Waals surface area contributed by atoms with Crippen molar-refractivity contribution >= 4 is 39.9 Å². The van der Waals surface area contributed by atoms with E-state index in [-0.39, 0.29) is 21.7 Å². The van der Waals surface area contributed by atoms with E-state index in [1.807, 2.05) is 0 Å². The van der Waals surface area contributed by atoms with Crippen LogP contribution in [-0.2, 0) is 0 Å². The number of hydrogen-bond acceptors (Lipinski definition) is 6. The van der Waals surface area contributed by atoms with E-state index in [0.717, 1.165) is 6.07 Å². The van der Waals surface area contributed by atoms with E-state index >= 15 is 0 Å². The largest absolute Gasteiger partial charge is 0.497 e. The highest BCUT2D eigenvalue weighted by atomic mass is 35.5. The molecule has 1 amide bonds. The van der Waals surface area contributed by atoms with Crippen molar-refractivity contribution in [2.24, 2.45) is 0 Å². The van der Waals surface area contributed by atoms with Crippen molar-refractivity contribution in [3.05, 3.63) is 97.7 Å². The minimum Gasteiger partial charge on any atom is -0.497 e. The first-order valence-corrected chi connectivity index (χ1v) is 9.71. The number of non-ortho nitro benzene ring substituents is 1. The van der Waals surface area contributed by atoms with Gasteiger partial charge >= 0.3 is 0 Å². The number of carbonyl (C=O) groups is 1. The van der Waals surface area contributed by atoms with E-state index in [0.29, 0.717) is 33.7 Å². The number of nitro groups is 1. The van der Waals surface area contributed by atoms with Gasteiger partial charge in [-0.05, 0) is 48.5 Å². The molecule has 4 rings (SSSR count). The van der Waals surface area contributed by atoms with Crippen LogP contribution < -0.4 is 15.5 Å². The molecule has 0 bridgehead atoms. The molecule has 0 saturated carbocycles. The summed E-state index contributed by atoms with van der Waals surface area (Å²) in [6.45, 7) is 0. The first kappa shape index (κ1) is 21.1. The maximum absolute atomic E-state index is 12.5. The van der Waals surface area contributed by atoms with Crippen LogP contribution in [0.4, 0.5) is 11.4 Å². The standard InChI is InChI=1S/C23H15ClN2O6/c1-31-16-7-9-21-18(11-16)20(27)12-22(32-21)13-2-4-14(5-3-13)25-23(28)17-10-15(26(29)30)6-8-19(17)24/h2-12H,1H3,(H,25,28). The number of hydrogen-bond donors (Lipinski definition) is 1. The summed E-state index contributed by atoms with van der Waals surface area (Å²) in [6.07, 6.45) is 0. The first-order chi connectivity index (χ1) is 15.4. The fourth-order valence-corrected chi connectivity index (χ4v) is 3.33. The topological polar surface area (TPSA) is 112 Å². The van der Waals surface area contributed by atoms with Crippen LogP contribution in [0, 0.1) is 10.1 Å². The van der Waals surface area contributed by atoms with Gasteiger partial charge < -0.3 is 14.5 Å². The number of benzene rings is 3. The van der Waals surface area contributed by atoms with Crippen LogP contribution in [0.15, 0.2) is 75.9 Å². The second-order valence-corrected chi connectivity index (χ2v) is 7.20. The Labute approximate surface area is 186 Å². The van der Waals surface area contributed by atoms with Crippen LogP contribution in [0.5, 0.6) is 5.75 Å². The summed E-state index contributed by atoms with van der Waals surface area (Å²) in [5.41, 5.74) is 1.03. The lowest BCUT2D eigenvalue weighted by atomic mass is 10.1. The van der Waals surface area contributed by atoms with Crippen LogP contribution in [0.25, 0.3) is 22.3 Å². The van der Waals surface area contributed by atoms with E-state index in [9.17, 15) is 19.7 Å². The number of rotatable bonds is 5. The molecule has 0 atom stereocenters. The van der Waals surface area contributed by atoms with Gasteiger partial charge in [0.2, 0.25) is 0 Å². The molecule has 1 aromatic heterocycles. The fraction of sp³-hybridized carbons (Fsp3) is 0.0435. The molecule has 160 valence electrons. The second kappa shape index (κ2) is 8.52. The number of nitrogens with one attached hydrogen (secondary N) is 1. The molecule has 0 unspecified atom stereocenters. The minimum absolute atomic E-state index is 0.0131. The number of methoxy groups -OCH3 is 1. The molecule has 0 fully saturated rings. The van der Waals surface area contributed by atoms with Gasteiger partial charge in [-0.2, -0.15) is 0 Å². The molecule has 3 aromatic carbocycles. The highest BCUT2D eigenvalue weighted by Gasteiger charge is 2.16. The van der Waals surface area contributed by atoms with Gasteiger partial charge in [0.15, 0.2) is 5.43 Å². The van der Waals surface area contributed by atoms with Gasteiger partial charge in [0.25, 0.3) is 11.6 Å². The smallest absolute Gasteiger partial charge is 0.270 e. The summed E-state index contributed by atoms with van der Waals surface area (Å²) in [5.74, 6) is 0.339. The highest BCUT2D eigenvalue weighted by Crippen LogP contribution is 2.27. The first-order valence-electron chi connectivity index (χ1n) is 9.33. The Morgan fingerprint density at radius 3 is 2.50 bits per heavy atom. The summed E-state index contributed by atoms with van der Waals surface area (Å²) in [5, 5.41) is 14.1. The van der Waals surface area contributed by atoms with Crippen molar-refractivity contribution in [1.29, 1.82) is 0 Å². The van der Waals surface area contributed by atoms with Gasteiger partial charge in [-0.3, -0.25) is 19.7 Å². The Balaban J connectivity index is 1.59. The molecule has 0 aliphatic heterocycles. The lowest BCUT2D eigenvalue weighted by molar-refractivity contribution is -0.384. The van der Waals surface area contributed by atoms with Gasteiger partial charge in [0.1, 0.15) is 17.1 Å². The third-order valence-corrected chi connectivity index (χ3v) is 5.10. The number of anilines is 1. The zero-order chi connectivity index (χ0) is 22.8. The van der Waals surface area contributed by atoms with Gasteiger partial charge in [-0.1, -0.05) is 11.6 Å². The molecule has 4 aromatic rings. The predicted molar refractivity (Wildman–Crippen MR) is 121 cm³/mol. The second-order valence-electron chi connectivity index (χ2n) is 6.79. The molecule has 9 heteroatoms. The molecule has 0 aliphatic rings. The number of nitrogens with zero attached hydrogens (tertiary/aromatic N) is 1. The maximum Gasteiger partial charge on any atom is 0.270 e. The van der Waals surface area contributed by atoms with E-state index in [1.165, 1.54) is 25.3 Å². The number of nitro benzene ring substituents is 1. The van der Waals surface area contributed by atoms with E-state index in [2.05, 4.69) is 5.32 Å². The lowest BCUT2D eigenvalue weighted by Crippen LogP contribution is -2.12. The fourth-order valence-electron chi connectivity index (χ4n) is 3.12. The summed E-state index contributed by atoms with van der Waals surface area (Å²) < 4.78 is 11.0. The van der Waals surface area contributed by atoms with Crippen LogP contribution in [0.1, 0.15) is 10.4 Å². The Morgan fingerprint density at radius 1 is 1.06 bits per heavy atom. The van der Waals surface area contributed by atoms with Crippen molar-refractivity contribution in [2.75, 3.05) is 12.4 Å². The Bertz CT molecular complexity index is 1410. The molecule has 32 heavy (non-hydrogen) atoms. The number of ether oxygens (including phenoxy) is 1. The highest BCUT2D eigenvalue weighted by molar-refractivity contribution is 6.34. The van der Waals surface area contributed by atoms with E-state index in [4.69, 9.17) is 20.8 Å². The molecule has 1 N–H and O–H groups in total. The number of fused-ring (bicyclic) bond motifs is 1. The molecular weight excluding hydrogens is 436 g/mol. The average molecular weight is 451 g/mol. The SMILES string of the molecule is COc1ccc2oc(-c3ccc(NC(=O)c4cc([N+](=O)[O-])ccc4Cl)cc3)cc(=O)c2c1. The molecule has 0 aliphatic carbocycles. The zero-order valence-electron chi connectivity index (χ0n) is 16.6. The van der Waals surface area contributed by atoms with Crippen molar-refractivity contribution in [1.82, 2.24) is 0 Å². The number of amides is 1. The lowest BCUT2D eigenvalue weighted by Gasteiger charge is -2.08. The van der Waals surface area contributed by atoms with Crippen molar-refractivity contribution in [2.45, 2.75) is 0 Å². The molecule has 1 heterocycles. The van der Waals surface area contributed by atoms with Crippen LogP contribution >= 0.6 is 11.6 Å². The van der Waals surface area contributed by atoms with Crippen molar-refractivity contribution in [3.8, 4) is 17.1 Å². The summed E-state index contributed by atoms with van der Waals surface area (Å²) in [7, 11) is 1.52. The van der Waals surface area contributed by atoms with Gasteiger partial charge in [0, 0.05) is 29.4 Å². The summed E-state index contributed by atoms with van der Waals surface area (Å²) in [6, 6.07) is 16.6. The number of halogens is 1. The average Bonchev–Trinajstić information content (AvgIpc) is 2.79. The maximum atomic E-state index is 12.5. The molecule has 8 nitrogen and oxygen atoms in total. The van der Waals surface area contributed by atoms with Crippen molar-refractivity contribution in [3.63, 3.8) is 0 Å². The summed E-state index contributed by atoms with van der Waals surface area (Å²) in [4.78, 5) is 35.4. The number of carbonyl (C=O) groups excluding carboxylic acids is 1. The molecule has 0 spiro atoms. The van der Waals surface area contributed by atoms with Crippen LogP contribution in [0.2, 0.25) is 5.02 Å². The minimum atomic E-state index is -0.602. The van der Waals surface area contributed by atoms with E-state index < -0.39 is 10.8 Å². The van der Waals surface area contributed by atoms with Gasteiger partial charge in [-0.15, -0.1) is 0 Å².